The van der Waals surface area contributed by atoms with Crippen molar-refractivity contribution >= 4 is 5.91 Å². The van der Waals surface area contributed by atoms with Gasteiger partial charge in [-0.15, -0.1) is 0 Å². The lowest BCUT2D eigenvalue weighted by Crippen LogP contribution is -2.35. The second-order valence-electron chi connectivity index (χ2n) is 4.66. The summed E-state index contributed by atoms with van der Waals surface area (Å²) < 4.78 is 4.96. The maximum absolute atomic E-state index is 12.2. The van der Waals surface area contributed by atoms with E-state index in [0.29, 0.717) is 19.7 Å². The molecule has 19 heavy (non-hydrogen) atoms. The van der Waals surface area contributed by atoms with Gasteiger partial charge in [-0.05, 0) is 12.0 Å². The highest BCUT2D eigenvalue weighted by Gasteiger charge is 2.33. The summed E-state index contributed by atoms with van der Waals surface area (Å²) in [4.78, 5) is 12.2. The van der Waals surface area contributed by atoms with Crippen LogP contribution in [0.1, 0.15) is 18.0 Å². The zero-order valence-electron chi connectivity index (χ0n) is 11.2. The van der Waals surface area contributed by atoms with Gasteiger partial charge < -0.3 is 10.1 Å². The Balaban J connectivity index is 1.90. The maximum Gasteiger partial charge on any atom is 0.226 e. The number of carbonyl (C=O) groups excluding carboxylic acids is 1. The second-order valence-corrected chi connectivity index (χ2v) is 4.66. The topological polar surface area (TPSA) is 62.4 Å². The van der Waals surface area contributed by atoms with Crippen LogP contribution in [0.25, 0.3) is 0 Å². The number of methoxy groups -OCH3 is 1. The van der Waals surface area contributed by atoms with Crippen LogP contribution in [0.4, 0.5) is 0 Å². The molecule has 3 N–H and O–H groups in total. The third kappa shape index (κ3) is 3.76. The summed E-state index contributed by atoms with van der Waals surface area (Å²) in [5.41, 5.74) is 7.37. The summed E-state index contributed by atoms with van der Waals surface area (Å²) in [6.45, 7) is 1.98. The van der Waals surface area contributed by atoms with Crippen LogP contribution >= 0.6 is 0 Å². The number of amides is 1. The lowest BCUT2D eigenvalue weighted by atomic mass is 9.94. The van der Waals surface area contributed by atoms with E-state index >= 15 is 0 Å². The summed E-state index contributed by atoms with van der Waals surface area (Å²) in [5.74, 6) is 0.00685. The van der Waals surface area contributed by atoms with Crippen molar-refractivity contribution in [2.45, 2.75) is 12.5 Å². The monoisotopic (exact) mass is 263 g/mol. The van der Waals surface area contributed by atoms with Gasteiger partial charge in [0.2, 0.25) is 5.91 Å². The Morgan fingerprint density at radius 3 is 2.95 bits per heavy atom. The SMILES string of the molecule is COCCCNC(=O)C1CNNC1c1ccccc1. The van der Waals surface area contributed by atoms with Gasteiger partial charge in [-0.3, -0.25) is 10.2 Å². The molecule has 104 valence electrons. The maximum atomic E-state index is 12.2. The predicted molar refractivity (Wildman–Crippen MR) is 73.3 cm³/mol. The summed E-state index contributed by atoms with van der Waals surface area (Å²) in [6.07, 6.45) is 0.839. The Labute approximate surface area is 113 Å². The molecule has 0 saturated carbocycles. The van der Waals surface area contributed by atoms with E-state index in [-0.39, 0.29) is 17.9 Å². The van der Waals surface area contributed by atoms with E-state index in [1.165, 1.54) is 0 Å². The molecule has 0 radical (unpaired) electrons. The van der Waals surface area contributed by atoms with Crippen LogP contribution in [0.15, 0.2) is 30.3 Å². The Bertz CT molecular complexity index is 397. The Morgan fingerprint density at radius 2 is 2.21 bits per heavy atom. The minimum atomic E-state index is -0.0788. The predicted octanol–water partition coefficient (Wildman–Crippen LogP) is 0.604. The molecule has 1 heterocycles. The summed E-state index contributed by atoms with van der Waals surface area (Å²) in [6, 6.07) is 10.1. The van der Waals surface area contributed by atoms with Gasteiger partial charge in [0.15, 0.2) is 0 Å². The molecule has 0 aromatic heterocycles. The molecule has 2 atom stereocenters. The van der Waals surface area contributed by atoms with Crippen molar-refractivity contribution in [1.29, 1.82) is 0 Å². The zero-order valence-corrected chi connectivity index (χ0v) is 11.2. The minimum Gasteiger partial charge on any atom is -0.385 e. The lowest BCUT2D eigenvalue weighted by Gasteiger charge is -2.18. The van der Waals surface area contributed by atoms with Crippen molar-refractivity contribution in [2.75, 3.05) is 26.8 Å². The lowest BCUT2D eigenvalue weighted by molar-refractivity contribution is -0.124. The van der Waals surface area contributed by atoms with Gasteiger partial charge in [-0.1, -0.05) is 30.3 Å². The van der Waals surface area contributed by atoms with E-state index in [9.17, 15) is 4.79 Å². The smallest absolute Gasteiger partial charge is 0.226 e. The molecule has 1 aliphatic rings. The van der Waals surface area contributed by atoms with Crippen molar-refractivity contribution in [3.63, 3.8) is 0 Å². The normalized spacial score (nSPS) is 22.4. The quantitative estimate of drug-likeness (QED) is 0.658. The fourth-order valence-electron chi connectivity index (χ4n) is 2.28. The van der Waals surface area contributed by atoms with Crippen LogP contribution < -0.4 is 16.2 Å². The van der Waals surface area contributed by atoms with E-state index in [1.54, 1.807) is 7.11 Å². The van der Waals surface area contributed by atoms with Gasteiger partial charge in [0.25, 0.3) is 0 Å². The summed E-state index contributed by atoms with van der Waals surface area (Å²) in [7, 11) is 1.66. The molecular formula is C14H21N3O2. The van der Waals surface area contributed by atoms with Crippen molar-refractivity contribution in [1.82, 2.24) is 16.2 Å². The average molecular weight is 263 g/mol. The van der Waals surface area contributed by atoms with E-state index in [1.807, 2.05) is 30.3 Å². The number of ether oxygens (including phenoxy) is 1. The third-order valence-corrected chi connectivity index (χ3v) is 3.30. The molecular weight excluding hydrogens is 242 g/mol. The van der Waals surface area contributed by atoms with Crippen molar-refractivity contribution < 1.29 is 9.53 Å². The highest BCUT2D eigenvalue weighted by Crippen LogP contribution is 2.24. The summed E-state index contributed by atoms with van der Waals surface area (Å²) >= 11 is 0. The number of nitrogens with one attached hydrogen (secondary N) is 3. The Morgan fingerprint density at radius 1 is 1.42 bits per heavy atom. The molecule has 2 rings (SSSR count). The van der Waals surface area contributed by atoms with Gasteiger partial charge in [-0.2, -0.15) is 0 Å². The van der Waals surface area contributed by atoms with Gasteiger partial charge in [-0.25, -0.2) is 5.43 Å². The number of hydrogen-bond acceptors (Lipinski definition) is 4. The highest BCUT2D eigenvalue weighted by molar-refractivity contribution is 5.80. The van der Waals surface area contributed by atoms with E-state index in [4.69, 9.17) is 4.74 Å². The minimum absolute atomic E-state index is 0.0311. The highest BCUT2D eigenvalue weighted by atomic mass is 16.5. The number of carbonyl (C=O) groups is 1. The molecule has 0 spiro atoms. The number of hydrazine groups is 1. The van der Waals surface area contributed by atoms with E-state index < -0.39 is 0 Å². The molecule has 2 unspecified atom stereocenters. The number of rotatable bonds is 6. The molecule has 1 amide bonds. The van der Waals surface area contributed by atoms with Crippen LogP contribution in [0.3, 0.4) is 0 Å². The Hall–Kier alpha value is -1.43. The number of hydrogen-bond donors (Lipinski definition) is 3. The first-order valence-electron chi connectivity index (χ1n) is 6.63. The van der Waals surface area contributed by atoms with Crippen LogP contribution in [-0.2, 0) is 9.53 Å². The largest absolute Gasteiger partial charge is 0.385 e. The second kappa shape index (κ2) is 7.23. The molecule has 1 fully saturated rings. The Kier molecular flexibility index (Phi) is 5.32. The first-order valence-corrected chi connectivity index (χ1v) is 6.63. The molecule has 5 heteroatoms. The van der Waals surface area contributed by atoms with Crippen LogP contribution in [-0.4, -0.2) is 32.7 Å². The number of benzene rings is 1. The molecule has 5 nitrogen and oxygen atoms in total. The van der Waals surface area contributed by atoms with Gasteiger partial charge in [0, 0.05) is 26.8 Å². The first-order chi connectivity index (χ1) is 9.33. The average Bonchev–Trinajstić information content (AvgIpc) is 2.94. The van der Waals surface area contributed by atoms with Crippen molar-refractivity contribution in [3.05, 3.63) is 35.9 Å². The fraction of sp³-hybridized carbons (Fsp3) is 0.500. The van der Waals surface area contributed by atoms with E-state index in [2.05, 4.69) is 16.2 Å². The fourth-order valence-corrected chi connectivity index (χ4v) is 2.28. The van der Waals surface area contributed by atoms with Crippen molar-refractivity contribution in [2.24, 2.45) is 5.92 Å². The molecule has 0 bridgehead atoms. The zero-order chi connectivity index (χ0) is 13.5. The van der Waals surface area contributed by atoms with Gasteiger partial charge in [0.05, 0.1) is 12.0 Å². The van der Waals surface area contributed by atoms with Crippen LogP contribution in [0, 0.1) is 5.92 Å². The van der Waals surface area contributed by atoms with Gasteiger partial charge in [0.1, 0.15) is 0 Å². The molecule has 0 aliphatic carbocycles. The van der Waals surface area contributed by atoms with Crippen LogP contribution in [0.2, 0.25) is 0 Å². The standard InChI is InChI=1S/C14H21N3O2/c1-19-9-5-8-15-14(18)12-10-16-17-13(12)11-6-3-2-4-7-11/h2-4,6-7,12-13,16-17H,5,8-10H2,1H3,(H,15,18). The van der Waals surface area contributed by atoms with Crippen molar-refractivity contribution in [3.8, 4) is 0 Å². The van der Waals surface area contributed by atoms with Gasteiger partial charge >= 0.3 is 0 Å². The molecule has 1 aromatic carbocycles. The molecule has 1 aromatic rings. The van der Waals surface area contributed by atoms with E-state index in [0.717, 1.165) is 12.0 Å². The molecule has 1 saturated heterocycles. The third-order valence-electron chi connectivity index (χ3n) is 3.30. The van der Waals surface area contributed by atoms with Crippen LogP contribution in [0.5, 0.6) is 0 Å². The summed E-state index contributed by atoms with van der Waals surface area (Å²) in [5, 5.41) is 2.96. The first kappa shape index (κ1) is 14.0. The molecule has 1 aliphatic heterocycles.